The smallest absolute Gasteiger partial charge is 0.293 e. The van der Waals surface area contributed by atoms with Crippen molar-refractivity contribution in [2.24, 2.45) is 13.0 Å². The van der Waals surface area contributed by atoms with Crippen LogP contribution in [0.5, 0.6) is 0 Å². The Kier molecular flexibility index (Phi) is 8.97. The summed E-state index contributed by atoms with van der Waals surface area (Å²) in [6.45, 7) is 2.09. The third kappa shape index (κ3) is 6.70. The number of anilines is 1. The molecule has 53 heavy (non-hydrogen) atoms. The molecule has 0 radical (unpaired) electrons. The van der Waals surface area contributed by atoms with Crippen molar-refractivity contribution < 1.29 is 36.2 Å². The number of carbonyl (C=O) groups excluding carboxylic acids is 1. The van der Waals surface area contributed by atoms with Crippen LogP contribution in [0.4, 0.5) is 32.2 Å². The maximum Gasteiger partial charge on any atom is 0.293 e. The van der Waals surface area contributed by atoms with Crippen LogP contribution in [0.2, 0.25) is 5.02 Å². The van der Waals surface area contributed by atoms with Crippen LogP contribution in [0.1, 0.15) is 72.6 Å². The molecule has 9 nitrogen and oxygen atoms in total. The summed E-state index contributed by atoms with van der Waals surface area (Å²) >= 11 is 6.61. The van der Waals surface area contributed by atoms with Crippen LogP contribution in [-0.4, -0.2) is 48.2 Å². The van der Waals surface area contributed by atoms with Gasteiger partial charge in [-0.3, -0.25) is 14.2 Å². The number of nitrogens with one attached hydrogen (secondary N) is 2. The molecule has 1 amide bonds. The monoisotopic (exact) mass is 755 g/mol. The number of nitrogens with zero attached hydrogens (tertiary/aromatic N) is 5. The Hall–Kier alpha value is -5.07. The number of benzene rings is 2. The van der Waals surface area contributed by atoms with Crippen molar-refractivity contribution in [3.63, 3.8) is 0 Å². The molecule has 2 aliphatic rings. The van der Waals surface area contributed by atoms with E-state index < -0.39 is 71.3 Å². The number of pyridine rings is 1. The van der Waals surface area contributed by atoms with Gasteiger partial charge in [0.1, 0.15) is 40.9 Å². The van der Waals surface area contributed by atoms with Crippen molar-refractivity contribution in [1.29, 1.82) is 0 Å². The minimum Gasteiger partial charge on any atom is -0.378 e. The molecule has 3 N–H and O–H groups in total. The highest BCUT2D eigenvalue weighted by molar-refractivity contribution is 6.37. The molecule has 276 valence electrons. The van der Waals surface area contributed by atoms with Gasteiger partial charge in [-0.1, -0.05) is 23.6 Å². The van der Waals surface area contributed by atoms with Gasteiger partial charge >= 0.3 is 0 Å². The molecule has 0 saturated heterocycles. The molecule has 2 aromatic carbocycles. The van der Waals surface area contributed by atoms with Gasteiger partial charge in [0.2, 0.25) is 5.91 Å². The van der Waals surface area contributed by atoms with Crippen molar-refractivity contribution in [2.75, 3.05) is 12.4 Å². The number of alkyl halides is 4. The normalized spacial score (nSPS) is 17.7. The number of aromatic nitrogens is 5. The first-order valence-corrected chi connectivity index (χ1v) is 17.0. The first-order valence-electron chi connectivity index (χ1n) is 16.6. The summed E-state index contributed by atoms with van der Waals surface area (Å²) in [6.07, 6.45) is -3.34. The Balaban J connectivity index is 1.37. The summed E-state index contributed by atoms with van der Waals surface area (Å²) in [5.41, 5.74) is -1.18. The van der Waals surface area contributed by atoms with Crippen LogP contribution in [-0.2, 0) is 30.7 Å². The molecular formula is C37H32ClF6N7O2. The van der Waals surface area contributed by atoms with E-state index in [2.05, 4.69) is 32.7 Å². The molecule has 1 saturated carbocycles. The average Bonchev–Trinajstić information content (AvgIpc) is 3.60. The lowest BCUT2D eigenvalue weighted by Gasteiger charge is -2.23. The number of rotatable bonds is 9. The third-order valence-corrected chi connectivity index (χ3v) is 9.69. The summed E-state index contributed by atoms with van der Waals surface area (Å²) in [7, 11) is 3.37. The summed E-state index contributed by atoms with van der Waals surface area (Å²) in [5.74, 6) is -2.08. The molecule has 0 aliphatic heterocycles. The molecule has 0 bridgehead atoms. The van der Waals surface area contributed by atoms with Gasteiger partial charge in [0.15, 0.2) is 5.82 Å². The second kappa shape index (κ2) is 13.1. The quantitative estimate of drug-likeness (QED) is 0.109. The number of carbonyl (C=O) groups is 1. The third-order valence-electron chi connectivity index (χ3n) is 9.37. The number of amides is 1. The van der Waals surface area contributed by atoms with E-state index in [0.29, 0.717) is 43.6 Å². The highest BCUT2D eigenvalue weighted by atomic mass is 35.5. The fourth-order valence-corrected chi connectivity index (χ4v) is 7.40. The van der Waals surface area contributed by atoms with Crippen molar-refractivity contribution in [1.82, 2.24) is 29.9 Å². The highest BCUT2D eigenvalue weighted by Crippen LogP contribution is 2.68. The largest absolute Gasteiger partial charge is 0.378 e. The van der Waals surface area contributed by atoms with Crippen LogP contribution in [0.15, 0.2) is 42.5 Å². The molecule has 3 heterocycles. The maximum atomic E-state index is 15.3. The topological polar surface area (TPSA) is 110 Å². The van der Waals surface area contributed by atoms with E-state index >= 15 is 8.78 Å². The van der Waals surface area contributed by atoms with Crippen LogP contribution in [0.3, 0.4) is 0 Å². The lowest BCUT2D eigenvalue weighted by molar-refractivity contribution is -0.123. The van der Waals surface area contributed by atoms with Crippen LogP contribution >= 0.6 is 11.6 Å². The zero-order chi connectivity index (χ0) is 38.1. The van der Waals surface area contributed by atoms with Gasteiger partial charge in [0.25, 0.3) is 12.3 Å². The standard InChI is InChI=1S/C37H32ClF6N7O2/c1-36(2,53)10-9-20-5-6-21(22-7-8-25(38)29-32(22)50(4)49-35(29)45-3)30(46-20)26(13-17-11-18(39)14-19(40)12-17)47-27(52)16-51-33-28(31(48-51)34(41)42)23-15-24(23)37(33,43)44/h5-8,11-12,14,23-24,26,34,53H,13,15-16H2,1-4H3,(H,45,49)(H,47,52)/t23?,24?,26-/m0/s1. The van der Waals surface area contributed by atoms with Crippen LogP contribution in [0, 0.1) is 29.4 Å². The zero-order valence-corrected chi connectivity index (χ0v) is 29.5. The van der Waals surface area contributed by atoms with Crippen molar-refractivity contribution in [3.8, 4) is 23.0 Å². The van der Waals surface area contributed by atoms with E-state index in [0.717, 1.165) is 12.1 Å². The minimum atomic E-state index is -3.46. The predicted octanol–water partition coefficient (Wildman–Crippen LogP) is 7.17. The van der Waals surface area contributed by atoms with E-state index in [1.165, 1.54) is 13.8 Å². The minimum absolute atomic E-state index is 0.0511. The van der Waals surface area contributed by atoms with Crippen LogP contribution in [0.25, 0.3) is 22.0 Å². The first kappa shape index (κ1) is 36.3. The molecule has 2 aliphatic carbocycles. The van der Waals surface area contributed by atoms with E-state index in [-0.39, 0.29) is 35.4 Å². The number of hydrogen-bond donors (Lipinski definition) is 3. The molecule has 1 fully saturated rings. The highest BCUT2D eigenvalue weighted by Gasteiger charge is 2.67. The second-order valence-corrected chi connectivity index (χ2v) is 14.2. The summed E-state index contributed by atoms with van der Waals surface area (Å²) in [4.78, 5) is 18.6. The van der Waals surface area contributed by atoms with Gasteiger partial charge < -0.3 is 15.7 Å². The van der Waals surface area contributed by atoms with Gasteiger partial charge in [0, 0.05) is 42.8 Å². The van der Waals surface area contributed by atoms with Gasteiger partial charge in [-0.25, -0.2) is 22.5 Å². The maximum absolute atomic E-state index is 15.3. The SMILES string of the molecule is CNc1nn(C)c2c(-c3ccc(C#CC(C)(C)O)nc3[C@H](Cc3cc(F)cc(F)c3)NC(=O)Cn3nc(C(F)F)c4c3C(F)(F)C3CC43)ccc(Cl)c12. The van der Waals surface area contributed by atoms with Gasteiger partial charge in [0.05, 0.1) is 27.7 Å². The molecule has 7 rings (SSSR count). The lowest BCUT2D eigenvalue weighted by atomic mass is 9.93. The van der Waals surface area contributed by atoms with E-state index in [1.807, 2.05) is 0 Å². The molecule has 3 atom stereocenters. The predicted molar refractivity (Wildman–Crippen MR) is 185 cm³/mol. The summed E-state index contributed by atoms with van der Waals surface area (Å²) in [5, 5.41) is 25.3. The molecule has 0 spiro atoms. The zero-order valence-electron chi connectivity index (χ0n) is 28.7. The number of halogens is 7. The van der Waals surface area contributed by atoms with Gasteiger partial charge in [-0.15, -0.1) is 0 Å². The number of aliphatic hydroxyl groups is 1. The Morgan fingerprint density at radius 1 is 1.09 bits per heavy atom. The van der Waals surface area contributed by atoms with Crippen molar-refractivity contribution >= 4 is 34.2 Å². The number of fused-ring (bicyclic) bond motifs is 4. The first-order chi connectivity index (χ1) is 25.0. The van der Waals surface area contributed by atoms with Crippen LogP contribution < -0.4 is 10.6 Å². The van der Waals surface area contributed by atoms with E-state index in [4.69, 9.17) is 16.6 Å². The van der Waals surface area contributed by atoms with Crippen molar-refractivity contribution in [3.05, 3.63) is 93.0 Å². The fraction of sp³-hybridized carbons (Fsp3) is 0.351. The number of aryl methyl sites for hydroxylation is 1. The Labute approximate surface area is 304 Å². The fourth-order valence-electron chi connectivity index (χ4n) is 7.16. The molecular weight excluding hydrogens is 724 g/mol. The molecule has 2 unspecified atom stereocenters. The molecule has 5 aromatic rings. The van der Waals surface area contributed by atoms with E-state index in [9.17, 15) is 27.5 Å². The molecule has 16 heteroatoms. The lowest BCUT2D eigenvalue weighted by Crippen LogP contribution is -2.35. The average molecular weight is 756 g/mol. The van der Waals surface area contributed by atoms with Crippen molar-refractivity contribution in [2.45, 2.75) is 63.1 Å². The Bertz CT molecular complexity index is 2340. The summed E-state index contributed by atoms with van der Waals surface area (Å²) in [6, 6.07) is 8.22. The van der Waals surface area contributed by atoms with Gasteiger partial charge in [-0.05, 0) is 74.4 Å². The molecule has 3 aromatic heterocycles. The van der Waals surface area contributed by atoms with Gasteiger partial charge in [-0.2, -0.15) is 19.0 Å². The second-order valence-electron chi connectivity index (χ2n) is 13.8. The summed E-state index contributed by atoms with van der Waals surface area (Å²) < 4.78 is 89.8. The Morgan fingerprint density at radius 2 is 1.79 bits per heavy atom. The number of hydrogen-bond acceptors (Lipinski definition) is 6. The van der Waals surface area contributed by atoms with E-state index in [1.54, 1.807) is 43.0 Å². The Morgan fingerprint density at radius 3 is 2.45 bits per heavy atom.